The van der Waals surface area contributed by atoms with Crippen LogP contribution in [-0.2, 0) is 21.4 Å². The molecule has 0 N–H and O–H groups in total. The van der Waals surface area contributed by atoms with Crippen LogP contribution in [0.3, 0.4) is 0 Å². The van der Waals surface area contributed by atoms with E-state index in [0.29, 0.717) is 0 Å². The number of hydrogen-bond acceptors (Lipinski definition) is 0. The molecular formula is C11H19Hf. The van der Waals surface area contributed by atoms with Gasteiger partial charge in [0.1, 0.15) is 0 Å². The van der Waals surface area contributed by atoms with Crippen LogP contribution in [0.15, 0.2) is 23.8 Å². The van der Waals surface area contributed by atoms with Crippen LogP contribution in [0.4, 0.5) is 0 Å². The summed E-state index contributed by atoms with van der Waals surface area (Å²) in [5.74, 6) is 0. The Morgan fingerprint density at radius 2 is 2.17 bits per heavy atom. The molecule has 0 nitrogen and oxygen atoms in total. The second-order valence-electron chi connectivity index (χ2n) is 3.81. The predicted molar refractivity (Wildman–Crippen MR) is 52.2 cm³/mol. The summed E-state index contributed by atoms with van der Waals surface area (Å²) in [4.78, 5) is 0. The molecule has 1 aliphatic rings. The van der Waals surface area contributed by atoms with E-state index in [1.54, 1.807) is 5.57 Å². The Bertz CT molecular complexity index is 189. The van der Waals surface area contributed by atoms with Crippen molar-refractivity contribution in [3.05, 3.63) is 23.8 Å². The van der Waals surface area contributed by atoms with Crippen molar-refractivity contribution in [2.75, 3.05) is 0 Å². The quantitative estimate of drug-likeness (QED) is 0.679. The molecule has 67 valence electrons. The topological polar surface area (TPSA) is 0 Å². The zero-order chi connectivity index (χ0) is 8.97. The molecule has 1 unspecified atom stereocenters. The summed E-state index contributed by atoms with van der Waals surface area (Å²) in [6.07, 6.45) is 11.3. The third-order valence-corrected chi connectivity index (χ3v) is 8.48. The van der Waals surface area contributed by atoms with E-state index < -0.39 is 21.4 Å². The first-order valence-electron chi connectivity index (χ1n) is 4.93. The fraction of sp³-hybridized carbons (Fsp3) is 0.636. The summed E-state index contributed by atoms with van der Waals surface area (Å²) in [7, 11) is 0. The Kier molecular flexibility index (Phi) is 4.49. The SMILES string of the molecule is CCCCC1=C[CH]([Hf]([CH3])[CH3])C=C1. The van der Waals surface area contributed by atoms with Crippen molar-refractivity contribution in [3.8, 4) is 0 Å². The van der Waals surface area contributed by atoms with Gasteiger partial charge in [-0.2, -0.15) is 0 Å². The molecule has 0 saturated carbocycles. The van der Waals surface area contributed by atoms with Gasteiger partial charge in [-0.05, 0) is 0 Å². The first kappa shape index (κ1) is 10.4. The van der Waals surface area contributed by atoms with Crippen molar-refractivity contribution in [1.82, 2.24) is 0 Å². The molecule has 1 rings (SSSR count). The van der Waals surface area contributed by atoms with Gasteiger partial charge in [-0.25, -0.2) is 0 Å². The molecule has 0 aliphatic heterocycles. The second-order valence-corrected chi connectivity index (χ2v) is 13.9. The summed E-state index contributed by atoms with van der Waals surface area (Å²) in [6.45, 7) is 2.26. The van der Waals surface area contributed by atoms with Gasteiger partial charge in [-0.15, -0.1) is 0 Å². The molecule has 1 atom stereocenters. The Balaban J connectivity index is 2.39. The maximum atomic E-state index is 2.53. The van der Waals surface area contributed by atoms with E-state index >= 15 is 0 Å². The van der Waals surface area contributed by atoms with Crippen molar-refractivity contribution in [1.29, 1.82) is 0 Å². The third-order valence-electron chi connectivity index (χ3n) is 2.40. The van der Waals surface area contributed by atoms with Gasteiger partial charge in [0.05, 0.1) is 0 Å². The summed E-state index contributed by atoms with van der Waals surface area (Å²) in [5.41, 5.74) is 1.60. The molecule has 1 aliphatic carbocycles. The van der Waals surface area contributed by atoms with Crippen molar-refractivity contribution < 1.29 is 21.4 Å². The van der Waals surface area contributed by atoms with E-state index in [9.17, 15) is 0 Å². The van der Waals surface area contributed by atoms with E-state index in [2.05, 4.69) is 34.5 Å². The number of unbranched alkanes of at least 4 members (excludes halogenated alkanes) is 1. The minimum absolute atomic E-state index is 0.918. The first-order chi connectivity index (χ1) is 5.74. The third kappa shape index (κ3) is 3.01. The molecule has 0 aromatic rings. The fourth-order valence-corrected chi connectivity index (χ4v) is 5.17. The van der Waals surface area contributed by atoms with Gasteiger partial charge < -0.3 is 0 Å². The van der Waals surface area contributed by atoms with Crippen LogP contribution in [0.1, 0.15) is 26.2 Å². The van der Waals surface area contributed by atoms with E-state index in [1.807, 2.05) is 0 Å². The Hall–Kier alpha value is 0.350. The molecular weight excluding hydrogens is 311 g/mol. The van der Waals surface area contributed by atoms with Gasteiger partial charge in [-0.1, -0.05) is 0 Å². The van der Waals surface area contributed by atoms with Crippen LogP contribution in [0.25, 0.3) is 0 Å². The molecule has 0 radical (unpaired) electrons. The summed E-state index contributed by atoms with van der Waals surface area (Å²) in [6, 6.07) is 0. The van der Waals surface area contributed by atoms with Crippen molar-refractivity contribution in [3.63, 3.8) is 0 Å². The molecule has 12 heavy (non-hydrogen) atoms. The number of allylic oxidation sites excluding steroid dienone is 4. The number of rotatable bonds is 4. The normalized spacial score (nSPS) is 21.2. The van der Waals surface area contributed by atoms with Crippen LogP contribution in [0, 0.1) is 0 Å². The molecule has 0 saturated heterocycles. The number of hydrogen-bond donors (Lipinski definition) is 0. The standard InChI is InChI=1S/C9H13.2CH3.Hf/c1-2-3-6-9-7-4-5-8-9;;;/h4-5,7-8H,2-3,6H2,1H3;2*1H3;. The van der Waals surface area contributed by atoms with Gasteiger partial charge in [0.25, 0.3) is 0 Å². The van der Waals surface area contributed by atoms with Crippen LogP contribution in [-0.4, -0.2) is 0 Å². The molecule has 0 bridgehead atoms. The molecule has 0 amide bonds. The summed E-state index contributed by atoms with van der Waals surface area (Å²) < 4.78 is 5.92. The van der Waals surface area contributed by atoms with Gasteiger partial charge in [0.15, 0.2) is 0 Å². The molecule has 0 aromatic heterocycles. The molecule has 1 heteroatoms. The first-order valence-corrected chi connectivity index (χ1v) is 14.2. The van der Waals surface area contributed by atoms with Crippen molar-refractivity contribution in [2.24, 2.45) is 0 Å². The molecule has 0 heterocycles. The van der Waals surface area contributed by atoms with Crippen molar-refractivity contribution >= 4 is 0 Å². The Morgan fingerprint density at radius 3 is 2.67 bits per heavy atom. The fourth-order valence-electron chi connectivity index (χ4n) is 1.48. The zero-order valence-electron chi connectivity index (χ0n) is 8.43. The second kappa shape index (κ2) is 5.16. The van der Waals surface area contributed by atoms with Gasteiger partial charge >= 0.3 is 84.5 Å². The summed E-state index contributed by atoms with van der Waals surface area (Å²) in [5, 5.41) is 0. The van der Waals surface area contributed by atoms with Crippen LogP contribution >= 0.6 is 0 Å². The molecule has 0 spiro atoms. The average molecular weight is 330 g/mol. The van der Waals surface area contributed by atoms with E-state index in [-0.39, 0.29) is 0 Å². The average Bonchev–Trinajstić information content (AvgIpc) is 2.48. The van der Waals surface area contributed by atoms with Crippen LogP contribution in [0.5, 0.6) is 0 Å². The van der Waals surface area contributed by atoms with E-state index in [0.717, 1.165) is 3.67 Å². The summed E-state index contributed by atoms with van der Waals surface area (Å²) >= 11 is -1.11. The van der Waals surface area contributed by atoms with E-state index in [4.69, 9.17) is 0 Å². The van der Waals surface area contributed by atoms with Gasteiger partial charge in [0, 0.05) is 0 Å². The predicted octanol–water partition coefficient (Wildman–Crippen LogP) is 4.18. The minimum atomic E-state index is -1.11. The Morgan fingerprint density at radius 1 is 1.42 bits per heavy atom. The van der Waals surface area contributed by atoms with E-state index in [1.165, 1.54) is 19.3 Å². The zero-order valence-corrected chi connectivity index (χ0v) is 12.0. The maximum absolute atomic E-state index is 2.53. The van der Waals surface area contributed by atoms with Crippen molar-refractivity contribution in [2.45, 2.75) is 39.2 Å². The molecule has 0 fully saturated rings. The van der Waals surface area contributed by atoms with Gasteiger partial charge in [-0.3, -0.25) is 0 Å². The van der Waals surface area contributed by atoms with Gasteiger partial charge in [0.2, 0.25) is 0 Å². The van der Waals surface area contributed by atoms with Crippen LogP contribution < -0.4 is 0 Å². The monoisotopic (exact) mass is 331 g/mol. The molecule has 0 aromatic carbocycles. The Labute approximate surface area is 84.3 Å². The van der Waals surface area contributed by atoms with Crippen LogP contribution in [0.2, 0.25) is 13.0 Å².